The third kappa shape index (κ3) is 5.17. The summed E-state index contributed by atoms with van der Waals surface area (Å²) in [4.78, 5) is 28.2. The Bertz CT molecular complexity index is 782. The van der Waals surface area contributed by atoms with Crippen molar-refractivity contribution in [2.45, 2.75) is 51.7 Å². The minimum Gasteiger partial charge on any atom is -0.480 e. The van der Waals surface area contributed by atoms with E-state index in [1.165, 1.54) is 6.92 Å². The summed E-state index contributed by atoms with van der Waals surface area (Å²) in [6.07, 6.45) is -0.125. The smallest absolute Gasteiger partial charge is 0.408 e. The van der Waals surface area contributed by atoms with Gasteiger partial charge < -0.3 is 15.2 Å². The molecule has 134 valence electrons. The Labute approximate surface area is 147 Å². The number of fused-ring (bicyclic) bond motifs is 1. The number of carbonyl (C=O) groups is 2. The maximum absolute atomic E-state index is 12.0. The summed E-state index contributed by atoms with van der Waals surface area (Å²) >= 11 is 0. The SMILES string of the molecule is CC(C)(C)OC(=O)N[C@](C)(CCc1ccc2ccccc2n1)C(=O)O. The second-order valence-electron chi connectivity index (χ2n) is 7.26. The van der Waals surface area contributed by atoms with Crippen LogP contribution in [0.3, 0.4) is 0 Å². The zero-order chi connectivity index (χ0) is 18.7. The van der Waals surface area contributed by atoms with Gasteiger partial charge in [0.05, 0.1) is 5.52 Å². The lowest BCUT2D eigenvalue weighted by atomic mass is 9.94. The summed E-state index contributed by atoms with van der Waals surface area (Å²) in [5.74, 6) is -1.11. The second kappa shape index (κ2) is 7.09. The van der Waals surface area contributed by atoms with Crippen LogP contribution in [0.15, 0.2) is 36.4 Å². The standard InChI is InChI=1S/C19H24N2O4/c1-18(2,3)25-17(24)21-19(4,16(22)23)12-11-14-10-9-13-7-5-6-8-15(13)20-14/h5-10H,11-12H2,1-4H3,(H,21,24)(H,22,23)/t19-/m1/s1. The number of amides is 1. The molecule has 2 N–H and O–H groups in total. The predicted molar refractivity (Wildman–Crippen MR) is 95.5 cm³/mol. The number of hydrogen-bond donors (Lipinski definition) is 2. The zero-order valence-corrected chi connectivity index (χ0v) is 15.0. The number of benzene rings is 1. The molecule has 0 unspecified atom stereocenters. The van der Waals surface area contributed by atoms with E-state index in [0.717, 1.165) is 16.6 Å². The van der Waals surface area contributed by atoms with Crippen LogP contribution in [0.4, 0.5) is 4.79 Å². The van der Waals surface area contributed by atoms with Crippen LogP contribution < -0.4 is 5.32 Å². The molecule has 0 aliphatic carbocycles. The van der Waals surface area contributed by atoms with E-state index in [-0.39, 0.29) is 6.42 Å². The quantitative estimate of drug-likeness (QED) is 0.866. The van der Waals surface area contributed by atoms with Gasteiger partial charge in [-0.2, -0.15) is 0 Å². The van der Waals surface area contributed by atoms with E-state index in [1.54, 1.807) is 20.8 Å². The largest absolute Gasteiger partial charge is 0.480 e. The van der Waals surface area contributed by atoms with Gasteiger partial charge in [-0.1, -0.05) is 24.3 Å². The molecule has 0 fully saturated rings. The normalized spacial score (nSPS) is 13.9. The van der Waals surface area contributed by atoms with Gasteiger partial charge in [0.1, 0.15) is 11.1 Å². The fraction of sp³-hybridized carbons (Fsp3) is 0.421. The fourth-order valence-corrected chi connectivity index (χ4v) is 2.38. The van der Waals surface area contributed by atoms with Crippen molar-refractivity contribution in [3.05, 3.63) is 42.1 Å². The van der Waals surface area contributed by atoms with Crippen LogP contribution in [-0.2, 0) is 16.0 Å². The number of aryl methyl sites for hydroxylation is 1. The summed E-state index contributed by atoms with van der Waals surface area (Å²) in [6.45, 7) is 6.65. The molecule has 0 aliphatic rings. The molecule has 1 atom stereocenters. The maximum atomic E-state index is 12.0. The Balaban J connectivity index is 2.09. The number of carboxylic acids is 1. The van der Waals surface area contributed by atoms with Crippen LogP contribution in [0.5, 0.6) is 0 Å². The van der Waals surface area contributed by atoms with Gasteiger partial charge in [0.15, 0.2) is 0 Å². The van der Waals surface area contributed by atoms with Gasteiger partial charge in [0.25, 0.3) is 0 Å². The molecular formula is C19H24N2O4. The van der Waals surface area contributed by atoms with Gasteiger partial charge in [0, 0.05) is 11.1 Å². The number of ether oxygens (including phenoxy) is 1. The molecule has 0 bridgehead atoms. The number of rotatable bonds is 5. The van der Waals surface area contributed by atoms with Crippen LogP contribution in [0.1, 0.15) is 39.8 Å². The van der Waals surface area contributed by atoms with E-state index in [1.807, 2.05) is 36.4 Å². The highest BCUT2D eigenvalue weighted by atomic mass is 16.6. The third-order valence-corrected chi connectivity index (χ3v) is 3.79. The summed E-state index contributed by atoms with van der Waals surface area (Å²) in [6, 6.07) is 11.6. The summed E-state index contributed by atoms with van der Waals surface area (Å²) < 4.78 is 5.16. The fourth-order valence-electron chi connectivity index (χ4n) is 2.38. The molecule has 0 saturated heterocycles. The molecule has 0 spiro atoms. The lowest BCUT2D eigenvalue weighted by molar-refractivity contribution is -0.144. The van der Waals surface area contributed by atoms with E-state index in [0.29, 0.717) is 6.42 Å². The van der Waals surface area contributed by atoms with Crippen molar-refractivity contribution < 1.29 is 19.4 Å². The third-order valence-electron chi connectivity index (χ3n) is 3.79. The molecule has 2 rings (SSSR count). The second-order valence-corrected chi connectivity index (χ2v) is 7.26. The summed E-state index contributed by atoms with van der Waals surface area (Å²) in [5, 5.41) is 13.0. The Hall–Kier alpha value is -2.63. The number of carboxylic acid groups (broad SMARTS) is 1. The molecule has 6 heteroatoms. The minimum atomic E-state index is -1.43. The Kier molecular flexibility index (Phi) is 5.30. The minimum absolute atomic E-state index is 0.201. The number of aliphatic carboxylic acids is 1. The van der Waals surface area contributed by atoms with Crippen LogP contribution in [0, 0.1) is 0 Å². The Morgan fingerprint density at radius 2 is 1.80 bits per heavy atom. The predicted octanol–water partition coefficient (Wildman–Crippen LogP) is 3.54. The number of alkyl carbamates (subject to hydrolysis) is 1. The van der Waals surface area contributed by atoms with Crippen molar-refractivity contribution in [1.82, 2.24) is 10.3 Å². The van der Waals surface area contributed by atoms with E-state index in [9.17, 15) is 14.7 Å². The Morgan fingerprint density at radius 3 is 2.44 bits per heavy atom. The van der Waals surface area contributed by atoms with Crippen LogP contribution in [0.2, 0.25) is 0 Å². The highest BCUT2D eigenvalue weighted by molar-refractivity contribution is 5.84. The van der Waals surface area contributed by atoms with Crippen molar-refractivity contribution >= 4 is 23.0 Å². The zero-order valence-electron chi connectivity index (χ0n) is 15.0. The molecule has 0 saturated carbocycles. The summed E-state index contributed by atoms with van der Waals surface area (Å²) in [5.41, 5.74) is -0.492. The van der Waals surface area contributed by atoms with Gasteiger partial charge in [-0.05, 0) is 52.7 Å². The average molecular weight is 344 g/mol. The van der Waals surface area contributed by atoms with E-state index in [2.05, 4.69) is 10.3 Å². The molecule has 1 aromatic heterocycles. The molecular weight excluding hydrogens is 320 g/mol. The van der Waals surface area contributed by atoms with Crippen LogP contribution >= 0.6 is 0 Å². The first-order valence-electron chi connectivity index (χ1n) is 8.18. The molecule has 1 heterocycles. The number of hydrogen-bond acceptors (Lipinski definition) is 4. The number of pyridine rings is 1. The topological polar surface area (TPSA) is 88.5 Å². The van der Waals surface area contributed by atoms with Crippen molar-refractivity contribution in [3.63, 3.8) is 0 Å². The first-order valence-corrected chi connectivity index (χ1v) is 8.18. The van der Waals surface area contributed by atoms with Crippen molar-refractivity contribution in [2.75, 3.05) is 0 Å². The lowest BCUT2D eigenvalue weighted by Gasteiger charge is -2.28. The van der Waals surface area contributed by atoms with Crippen molar-refractivity contribution in [1.29, 1.82) is 0 Å². The highest BCUT2D eigenvalue weighted by Gasteiger charge is 2.36. The summed E-state index contributed by atoms with van der Waals surface area (Å²) in [7, 11) is 0. The molecule has 0 radical (unpaired) electrons. The van der Waals surface area contributed by atoms with Crippen LogP contribution in [-0.4, -0.2) is 33.3 Å². The molecule has 2 aromatic rings. The van der Waals surface area contributed by atoms with Crippen molar-refractivity contribution in [3.8, 4) is 0 Å². The number of nitrogens with zero attached hydrogens (tertiary/aromatic N) is 1. The van der Waals surface area contributed by atoms with Gasteiger partial charge in [-0.15, -0.1) is 0 Å². The monoisotopic (exact) mass is 344 g/mol. The van der Waals surface area contributed by atoms with E-state index in [4.69, 9.17) is 4.74 Å². The molecule has 1 aromatic carbocycles. The highest BCUT2D eigenvalue weighted by Crippen LogP contribution is 2.18. The molecule has 1 amide bonds. The lowest BCUT2D eigenvalue weighted by Crippen LogP contribution is -2.53. The average Bonchev–Trinajstić information content (AvgIpc) is 2.50. The van der Waals surface area contributed by atoms with Gasteiger partial charge in [0.2, 0.25) is 0 Å². The Morgan fingerprint density at radius 1 is 1.12 bits per heavy atom. The molecule has 6 nitrogen and oxygen atoms in total. The first kappa shape index (κ1) is 18.7. The number of aromatic nitrogens is 1. The van der Waals surface area contributed by atoms with Gasteiger partial charge in [-0.25, -0.2) is 9.59 Å². The molecule has 0 aliphatic heterocycles. The number of nitrogens with one attached hydrogen (secondary N) is 1. The number of carbonyl (C=O) groups excluding carboxylic acids is 1. The van der Waals surface area contributed by atoms with E-state index >= 15 is 0 Å². The van der Waals surface area contributed by atoms with Crippen molar-refractivity contribution in [2.24, 2.45) is 0 Å². The van der Waals surface area contributed by atoms with Crippen LogP contribution in [0.25, 0.3) is 10.9 Å². The van der Waals surface area contributed by atoms with Gasteiger partial charge >= 0.3 is 12.1 Å². The number of para-hydroxylation sites is 1. The molecule has 25 heavy (non-hydrogen) atoms. The maximum Gasteiger partial charge on any atom is 0.408 e. The first-order chi connectivity index (χ1) is 11.6. The van der Waals surface area contributed by atoms with E-state index < -0.39 is 23.2 Å². The van der Waals surface area contributed by atoms with Gasteiger partial charge in [-0.3, -0.25) is 4.98 Å².